The number of piperidine rings is 1. The minimum atomic E-state index is 0.357. The molecule has 2 N–H and O–H groups in total. The van der Waals surface area contributed by atoms with Crippen LogP contribution in [0, 0.1) is 5.92 Å². The fraction of sp³-hybridized carbons (Fsp3) is 0.643. The molecule has 1 unspecified atom stereocenters. The first-order valence-electron chi connectivity index (χ1n) is 6.62. The first-order chi connectivity index (χ1) is 8.25. The van der Waals surface area contributed by atoms with Crippen molar-refractivity contribution in [3.8, 4) is 0 Å². The molecule has 3 heteroatoms. The van der Waals surface area contributed by atoms with Crippen molar-refractivity contribution < 1.29 is 0 Å². The lowest BCUT2D eigenvalue weighted by molar-refractivity contribution is 0.174. The van der Waals surface area contributed by atoms with E-state index >= 15 is 0 Å². The molecular formula is C14H23N3. The van der Waals surface area contributed by atoms with Crippen LogP contribution in [-0.4, -0.2) is 35.6 Å². The van der Waals surface area contributed by atoms with Gasteiger partial charge in [-0.15, -0.1) is 0 Å². The first kappa shape index (κ1) is 12.5. The van der Waals surface area contributed by atoms with Crippen LogP contribution in [0.25, 0.3) is 0 Å². The van der Waals surface area contributed by atoms with E-state index in [1.807, 2.05) is 18.5 Å². The van der Waals surface area contributed by atoms with Gasteiger partial charge in [0.05, 0.1) is 0 Å². The van der Waals surface area contributed by atoms with Gasteiger partial charge in [0.15, 0.2) is 0 Å². The maximum atomic E-state index is 5.95. The van der Waals surface area contributed by atoms with Gasteiger partial charge in [-0.3, -0.25) is 4.98 Å². The highest BCUT2D eigenvalue weighted by Gasteiger charge is 2.21. The predicted octanol–water partition coefficient (Wildman–Crippen LogP) is 1.68. The van der Waals surface area contributed by atoms with E-state index in [4.69, 9.17) is 5.73 Å². The molecular weight excluding hydrogens is 210 g/mol. The van der Waals surface area contributed by atoms with E-state index in [1.54, 1.807) is 0 Å². The Bertz CT molecular complexity index is 315. The van der Waals surface area contributed by atoms with Gasteiger partial charge in [0.1, 0.15) is 0 Å². The lowest BCUT2D eigenvalue weighted by Gasteiger charge is -2.33. The third-order valence-corrected chi connectivity index (χ3v) is 3.82. The maximum Gasteiger partial charge on any atom is 0.0300 e. The van der Waals surface area contributed by atoms with E-state index in [1.165, 1.54) is 31.5 Å². The van der Waals surface area contributed by atoms with Crippen LogP contribution in [0.2, 0.25) is 0 Å². The van der Waals surface area contributed by atoms with Gasteiger partial charge >= 0.3 is 0 Å². The SMILES string of the molecule is CC(N)C1CCN(CCc2cccnc2)CC1. The summed E-state index contributed by atoms with van der Waals surface area (Å²) in [5, 5.41) is 0. The molecule has 1 fully saturated rings. The Morgan fingerprint density at radius 1 is 1.47 bits per heavy atom. The molecule has 0 radical (unpaired) electrons. The lowest BCUT2D eigenvalue weighted by atomic mass is 9.91. The Balaban J connectivity index is 1.72. The molecule has 1 saturated heterocycles. The van der Waals surface area contributed by atoms with E-state index in [0.717, 1.165) is 18.9 Å². The number of rotatable bonds is 4. The lowest BCUT2D eigenvalue weighted by Crippen LogP contribution is -2.40. The molecule has 0 aliphatic carbocycles. The van der Waals surface area contributed by atoms with Crippen molar-refractivity contribution in [3.63, 3.8) is 0 Å². The minimum Gasteiger partial charge on any atom is -0.328 e. The van der Waals surface area contributed by atoms with Crippen LogP contribution in [0.15, 0.2) is 24.5 Å². The zero-order valence-corrected chi connectivity index (χ0v) is 10.7. The molecule has 1 aliphatic rings. The normalized spacial score (nSPS) is 20.4. The number of likely N-dealkylation sites (tertiary alicyclic amines) is 1. The fourth-order valence-electron chi connectivity index (χ4n) is 2.54. The standard InChI is InChI=1S/C14H23N3/c1-12(15)14-5-9-17(10-6-14)8-4-13-3-2-7-16-11-13/h2-3,7,11-12,14H,4-6,8-10,15H2,1H3. The van der Waals surface area contributed by atoms with Crippen LogP contribution >= 0.6 is 0 Å². The molecule has 1 aliphatic heterocycles. The maximum absolute atomic E-state index is 5.95. The van der Waals surface area contributed by atoms with Crippen molar-refractivity contribution in [2.45, 2.75) is 32.2 Å². The van der Waals surface area contributed by atoms with Gasteiger partial charge in [0, 0.05) is 25.0 Å². The van der Waals surface area contributed by atoms with Crippen molar-refractivity contribution in [1.29, 1.82) is 0 Å². The van der Waals surface area contributed by atoms with Gasteiger partial charge in [-0.1, -0.05) is 6.07 Å². The summed E-state index contributed by atoms with van der Waals surface area (Å²) in [6.45, 7) is 5.69. The zero-order valence-electron chi connectivity index (χ0n) is 10.7. The van der Waals surface area contributed by atoms with Crippen molar-refractivity contribution in [2.24, 2.45) is 11.7 Å². The predicted molar refractivity (Wildman–Crippen MR) is 70.8 cm³/mol. The van der Waals surface area contributed by atoms with Gasteiger partial charge in [-0.25, -0.2) is 0 Å². The smallest absolute Gasteiger partial charge is 0.0300 e. The zero-order chi connectivity index (χ0) is 12.1. The molecule has 0 aromatic carbocycles. The Hall–Kier alpha value is -0.930. The first-order valence-corrected chi connectivity index (χ1v) is 6.62. The summed E-state index contributed by atoms with van der Waals surface area (Å²) < 4.78 is 0. The van der Waals surface area contributed by atoms with E-state index in [0.29, 0.717) is 6.04 Å². The second-order valence-corrected chi connectivity index (χ2v) is 5.15. The number of pyridine rings is 1. The molecule has 17 heavy (non-hydrogen) atoms. The highest BCUT2D eigenvalue weighted by atomic mass is 15.1. The van der Waals surface area contributed by atoms with Crippen LogP contribution < -0.4 is 5.73 Å². The Labute approximate surface area is 104 Å². The molecule has 0 bridgehead atoms. The molecule has 94 valence electrons. The number of hydrogen-bond acceptors (Lipinski definition) is 3. The Morgan fingerprint density at radius 3 is 2.82 bits per heavy atom. The molecule has 2 rings (SSSR count). The number of hydrogen-bond donors (Lipinski definition) is 1. The summed E-state index contributed by atoms with van der Waals surface area (Å²) in [6.07, 6.45) is 7.42. The van der Waals surface area contributed by atoms with E-state index in [2.05, 4.69) is 22.9 Å². The van der Waals surface area contributed by atoms with Crippen molar-refractivity contribution in [2.75, 3.05) is 19.6 Å². The highest BCUT2D eigenvalue weighted by molar-refractivity contribution is 5.08. The van der Waals surface area contributed by atoms with Crippen LogP contribution in [0.1, 0.15) is 25.3 Å². The monoisotopic (exact) mass is 233 g/mol. The van der Waals surface area contributed by atoms with Gasteiger partial charge in [0.25, 0.3) is 0 Å². The van der Waals surface area contributed by atoms with Crippen molar-refractivity contribution >= 4 is 0 Å². The molecule has 2 heterocycles. The van der Waals surface area contributed by atoms with E-state index in [9.17, 15) is 0 Å². The van der Waals surface area contributed by atoms with Gasteiger partial charge < -0.3 is 10.6 Å². The van der Waals surface area contributed by atoms with Crippen LogP contribution in [0.5, 0.6) is 0 Å². The summed E-state index contributed by atoms with van der Waals surface area (Å²) in [6, 6.07) is 4.52. The second-order valence-electron chi connectivity index (χ2n) is 5.15. The molecule has 1 atom stereocenters. The summed E-state index contributed by atoms with van der Waals surface area (Å²) in [5.74, 6) is 0.727. The Morgan fingerprint density at radius 2 is 2.24 bits per heavy atom. The van der Waals surface area contributed by atoms with Crippen molar-refractivity contribution in [1.82, 2.24) is 9.88 Å². The minimum absolute atomic E-state index is 0.357. The highest BCUT2D eigenvalue weighted by Crippen LogP contribution is 2.19. The third-order valence-electron chi connectivity index (χ3n) is 3.82. The summed E-state index contributed by atoms with van der Waals surface area (Å²) in [5.41, 5.74) is 7.29. The number of aromatic nitrogens is 1. The van der Waals surface area contributed by atoms with Crippen LogP contribution in [0.4, 0.5) is 0 Å². The number of nitrogens with two attached hydrogens (primary N) is 1. The van der Waals surface area contributed by atoms with Gasteiger partial charge in [0.2, 0.25) is 0 Å². The molecule has 0 spiro atoms. The molecule has 1 aromatic rings. The molecule has 0 saturated carbocycles. The van der Waals surface area contributed by atoms with E-state index < -0.39 is 0 Å². The van der Waals surface area contributed by atoms with Gasteiger partial charge in [-0.2, -0.15) is 0 Å². The molecule has 1 aromatic heterocycles. The Kier molecular flexibility index (Phi) is 4.51. The molecule has 0 amide bonds. The second kappa shape index (κ2) is 6.12. The van der Waals surface area contributed by atoms with Crippen molar-refractivity contribution in [3.05, 3.63) is 30.1 Å². The third kappa shape index (κ3) is 3.79. The van der Waals surface area contributed by atoms with Crippen LogP contribution in [-0.2, 0) is 6.42 Å². The topological polar surface area (TPSA) is 42.1 Å². The van der Waals surface area contributed by atoms with E-state index in [-0.39, 0.29) is 0 Å². The average molecular weight is 233 g/mol. The molecule has 3 nitrogen and oxygen atoms in total. The largest absolute Gasteiger partial charge is 0.328 e. The van der Waals surface area contributed by atoms with Crippen LogP contribution in [0.3, 0.4) is 0 Å². The summed E-state index contributed by atoms with van der Waals surface area (Å²) in [4.78, 5) is 6.70. The quantitative estimate of drug-likeness (QED) is 0.860. The fourth-order valence-corrected chi connectivity index (χ4v) is 2.54. The summed E-state index contributed by atoms with van der Waals surface area (Å²) in [7, 11) is 0. The number of nitrogens with zero attached hydrogens (tertiary/aromatic N) is 2. The summed E-state index contributed by atoms with van der Waals surface area (Å²) >= 11 is 0. The van der Waals surface area contributed by atoms with Gasteiger partial charge in [-0.05, 0) is 56.8 Å². The average Bonchev–Trinajstić information content (AvgIpc) is 2.38.